The van der Waals surface area contributed by atoms with Gasteiger partial charge in [0.15, 0.2) is 11.5 Å². The number of hydrogen-bond donors (Lipinski definition) is 0. The lowest BCUT2D eigenvalue weighted by Crippen LogP contribution is -2.36. The minimum absolute atomic E-state index is 0.0652. The number of carbonyl (C=O) groups excluding carboxylic acids is 1. The van der Waals surface area contributed by atoms with Gasteiger partial charge in [-0.3, -0.25) is 9.48 Å². The van der Waals surface area contributed by atoms with Crippen molar-refractivity contribution in [2.24, 2.45) is 7.05 Å². The zero-order valence-corrected chi connectivity index (χ0v) is 14.9. The van der Waals surface area contributed by atoms with Crippen molar-refractivity contribution in [3.05, 3.63) is 46.9 Å². The first kappa shape index (κ1) is 16.3. The molecular formula is C18H19N5O3. The highest BCUT2D eigenvalue weighted by Gasteiger charge is 2.30. The van der Waals surface area contributed by atoms with Crippen LogP contribution in [0.3, 0.4) is 0 Å². The number of hydrogen-bond acceptors (Lipinski definition) is 6. The fourth-order valence-corrected chi connectivity index (χ4v) is 3.32. The second kappa shape index (κ2) is 6.29. The number of fused-ring (bicyclic) bond motifs is 1. The molecule has 0 unspecified atom stereocenters. The average Bonchev–Trinajstić information content (AvgIpc) is 3.24. The molecule has 0 saturated carbocycles. The summed E-state index contributed by atoms with van der Waals surface area (Å²) >= 11 is 0. The maximum absolute atomic E-state index is 13.0. The van der Waals surface area contributed by atoms with E-state index in [1.54, 1.807) is 31.1 Å². The number of methoxy groups -OCH3 is 1. The second-order valence-corrected chi connectivity index (χ2v) is 6.22. The van der Waals surface area contributed by atoms with Gasteiger partial charge in [-0.2, -0.15) is 10.1 Å². The van der Waals surface area contributed by atoms with Gasteiger partial charge in [-0.15, -0.1) is 0 Å². The van der Waals surface area contributed by atoms with Crippen LogP contribution in [-0.4, -0.2) is 44.4 Å². The summed E-state index contributed by atoms with van der Waals surface area (Å²) < 4.78 is 12.4. The Bertz CT molecular complexity index is 975. The van der Waals surface area contributed by atoms with Crippen molar-refractivity contribution in [1.29, 1.82) is 0 Å². The van der Waals surface area contributed by atoms with E-state index in [1.807, 2.05) is 23.9 Å². The van der Waals surface area contributed by atoms with Crippen molar-refractivity contribution in [2.45, 2.75) is 19.9 Å². The van der Waals surface area contributed by atoms with Crippen LogP contribution in [0.25, 0.3) is 11.6 Å². The molecule has 1 aliphatic heterocycles. The predicted octanol–water partition coefficient (Wildman–Crippen LogP) is 1.99. The molecule has 0 radical (unpaired) electrons. The first-order valence-electron chi connectivity index (χ1n) is 8.36. The van der Waals surface area contributed by atoms with E-state index in [1.165, 1.54) is 0 Å². The number of nitrogens with zero attached hydrogens (tertiary/aromatic N) is 5. The summed E-state index contributed by atoms with van der Waals surface area (Å²) in [6.45, 7) is 2.82. The third-order valence-corrected chi connectivity index (χ3v) is 4.60. The third-order valence-electron chi connectivity index (χ3n) is 4.60. The standard InChI is InChI=1S/C18H19N5O3/c1-11-19-17(26-21-11)16-13-10-23(9-8-14(13)22(2)20-16)18(24)12-6-4-5-7-15(12)25-3/h4-7H,8-10H2,1-3H3. The topological polar surface area (TPSA) is 86.3 Å². The Labute approximate surface area is 150 Å². The molecule has 0 bridgehead atoms. The van der Waals surface area contributed by atoms with Crippen LogP contribution in [0, 0.1) is 6.92 Å². The highest BCUT2D eigenvalue weighted by molar-refractivity contribution is 5.97. The second-order valence-electron chi connectivity index (χ2n) is 6.22. The lowest BCUT2D eigenvalue weighted by molar-refractivity contribution is 0.0730. The molecule has 134 valence electrons. The van der Waals surface area contributed by atoms with Gasteiger partial charge in [0, 0.05) is 31.3 Å². The van der Waals surface area contributed by atoms with Gasteiger partial charge in [0.2, 0.25) is 0 Å². The molecule has 0 N–H and O–H groups in total. The van der Waals surface area contributed by atoms with E-state index < -0.39 is 0 Å². The lowest BCUT2D eigenvalue weighted by atomic mass is 10.0. The summed E-state index contributed by atoms with van der Waals surface area (Å²) in [4.78, 5) is 19.1. The van der Waals surface area contributed by atoms with E-state index in [9.17, 15) is 4.79 Å². The van der Waals surface area contributed by atoms with Crippen LogP contribution in [0.15, 0.2) is 28.8 Å². The minimum Gasteiger partial charge on any atom is -0.496 e. The molecule has 4 rings (SSSR count). The van der Waals surface area contributed by atoms with Crippen LogP contribution in [0.1, 0.15) is 27.4 Å². The summed E-state index contributed by atoms with van der Waals surface area (Å²) in [6.07, 6.45) is 0.715. The molecule has 0 fully saturated rings. The largest absolute Gasteiger partial charge is 0.496 e. The van der Waals surface area contributed by atoms with Gasteiger partial charge in [-0.1, -0.05) is 17.3 Å². The van der Waals surface area contributed by atoms with Crippen LogP contribution >= 0.6 is 0 Å². The van der Waals surface area contributed by atoms with E-state index in [-0.39, 0.29) is 5.91 Å². The SMILES string of the molecule is COc1ccccc1C(=O)N1CCc2c(c(-c3nc(C)no3)nn2C)C1. The van der Waals surface area contributed by atoms with Gasteiger partial charge in [-0.25, -0.2) is 0 Å². The molecule has 0 spiro atoms. The number of aromatic nitrogens is 4. The zero-order chi connectivity index (χ0) is 18.3. The number of rotatable bonds is 3. The molecule has 26 heavy (non-hydrogen) atoms. The molecule has 0 atom stereocenters. The van der Waals surface area contributed by atoms with E-state index in [0.29, 0.717) is 48.2 Å². The molecule has 8 heteroatoms. The zero-order valence-electron chi connectivity index (χ0n) is 14.9. The van der Waals surface area contributed by atoms with Crippen LogP contribution in [-0.2, 0) is 20.0 Å². The number of carbonyl (C=O) groups is 1. The maximum atomic E-state index is 13.0. The van der Waals surface area contributed by atoms with Gasteiger partial charge in [0.1, 0.15) is 5.75 Å². The highest BCUT2D eigenvalue weighted by Crippen LogP contribution is 2.30. The molecule has 2 aromatic heterocycles. The number of amides is 1. The highest BCUT2D eigenvalue weighted by atomic mass is 16.5. The number of benzene rings is 1. The molecule has 3 heterocycles. The quantitative estimate of drug-likeness (QED) is 0.716. The summed E-state index contributed by atoms with van der Waals surface area (Å²) in [5, 5.41) is 8.38. The molecule has 0 saturated heterocycles. The summed E-state index contributed by atoms with van der Waals surface area (Å²) in [5.74, 6) is 1.44. The third kappa shape index (κ3) is 2.63. The van der Waals surface area contributed by atoms with Gasteiger partial charge < -0.3 is 14.2 Å². The first-order chi connectivity index (χ1) is 12.6. The van der Waals surface area contributed by atoms with Crippen molar-refractivity contribution < 1.29 is 14.1 Å². The summed E-state index contributed by atoms with van der Waals surface area (Å²) in [7, 11) is 3.46. The summed E-state index contributed by atoms with van der Waals surface area (Å²) in [6, 6.07) is 7.25. The Hall–Kier alpha value is -3.16. The molecule has 1 aliphatic rings. The van der Waals surface area contributed by atoms with Gasteiger partial charge >= 0.3 is 0 Å². The van der Waals surface area contributed by atoms with Crippen LogP contribution in [0.2, 0.25) is 0 Å². The Balaban J connectivity index is 1.68. The average molecular weight is 353 g/mol. The first-order valence-corrected chi connectivity index (χ1v) is 8.36. The molecular weight excluding hydrogens is 334 g/mol. The van der Waals surface area contributed by atoms with Gasteiger partial charge in [0.05, 0.1) is 19.2 Å². The van der Waals surface area contributed by atoms with Crippen molar-refractivity contribution in [3.8, 4) is 17.3 Å². The van der Waals surface area contributed by atoms with Crippen molar-refractivity contribution in [1.82, 2.24) is 24.8 Å². The van der Waals surface area contributed by atoms with E-state index in [2.05, 4.69) is 15.2 Å². The predicted molar refractivity (Wildman–Crippen MR) is 92.7 cm³/mol. The molecule has 1 aromatic carbocycles. The molecule has 0 aliphatic carbocycles. The molecule has 3 aromatic rings. The maximum Gasteiger partial charge on any atom is 0.278 e. The smallest absolute Gasteiger partial charge is 0.278 e. The van der Waals surface area contributed by atoms with E-state index >= 15 is 0 Å². The van der Waals surface area contributed by atoms with Crippen LogP contribution < -0.4 is 4.74 Å². The van der Waals surface area contributed by atoms with Crippen molar-refractivity contribution >= 4 is 5.91 Å². The van der Waals surface area contributed by atoms with Gasteiger partial charge in [-0.05, 0) is 19.1 Å². The Morgan fingerprint density at radius 3 is 2.85 bits per heavy atom. The fraction of sp³-hybridized carbons (Fsp3) is 0.333. The van der Waals surface area contributed by atoms with E-state index in [4.69, 9.17) is 9.26 Å². The number of ether oxygens (including phenoxy) is 1. The number of aryl methyl sites for hydroxylation is 2. The lowest BCUT2D eigenvalue weighted by Gasteiger charge is -2.28. The fourth-order valence-electron chi connectivity index (χ4n) is 3.32. The van der Waals surface area contributed by atoms with Crippen LogP contribution in [0.4, 0.5) is 0 Å². The van der Waals surface area contributed by atoms with Gasteiger partial charge in [0.25, 0.3) is 11.8 Å². The Kier molecular flexibility index (Phi) is 3.95. The number of para-hydroxylation sites is 1. The van der Waals surface area contributed by atoms with Crippen molar-refractivity contribution in [2.75, 3.05) is 13.7 Å². The normalized spacial score (nSPS) is 13.6. The van der Waals surface area contributed by atoms with E-state index in [0.717, 1.165) is 11.3 Å². The molecule has 1 amide bonds. The Morgan fingerprint density at radius 1 is 1.31 bits per heavy atom. The monoisotopic (exact) mass is 353 g/mol. The summed E-state index contributed by atoms with van der Waals surface area (Å²) in [5.41, 5.74) is 3.23. The van der Waals surface area contributed by atoms with Crippen molar-refractivity contribution in [3.63, 3.8) is 0 Å². The Morgan fingerprint density at radius 2 is 2.12 bits per heavy atom. The minimum atomic E-state index is -0.0652. The van der Waals surface area contributed by atoms with Crippen LogP contribution in [0.5, 0.6) is 5.75 Å². The molecule has 8 nitrogen and oxygen atoms in total.